The number of aliphatic hydroxyl groups is 1. The minimum atomic E-state index is -0.376. The first-order valence-corrected chi connectivity index (χ1v) is 9.40. The van der Waals surface area contributed by atoms with Crippen LogP contribution in [0.25, 0.3) is 23.3 Å². The van der Waals surface area contributed by atoms with Gasteiger partial charge in [0.05, 0.1) is 6.61 Å². The first kappa shape index (κ1) is 20.5. The minimum absolute atomic E-state index is 0.119. The maximum atomic E-state index is 14.7. The van der Waals surface area contributed by atoms with Crippen LogP contribution in [-0.2, 0) is 0 Å². The molecule has 3 nitrogen and oxygen atoms in total. The maximum Gasteiger partial charge on any atom is 0.150 e. The van der Waals surface area contributed by atoms with E-state index in [-0.39, 0.29) is 19.0 Å². The molecule has 0 saturated carbocycles. The molecule has 29 heavy (non-hydrogen) atoms. The molecule has 0 aliphatic rings. The van der Waals surface area contributed by atoms with E-state index in [1.165, 1.54) is 6.07 Å². The van der Waals surface area contributed by atoms with Gasteiger partial charge in [-0.05, 0) is 59.9 Å². The molecule has 0 unspecified atom stereocenters. The fourth-order valence-corrected chi connectivity index (χ4v) is 3.18. The third kappa shape index (κ3) is 4.79. The molecule has 0 spiro atoms. The molecule has 0 aromatic heterocycles. The lowest BCUT2D eigenvalue weighted by atomic mass is 9.95. The van der Waals surface area contributed by atoms with Gasteiger partial charge in [-0.3, -0.25) is 4.79 Å². The van der Waals surface area contributed by atoms with E-state index >= 15 is 0 Å². The van der Waals surface area contributed by atoms with E-state index in [9.17, 15) is 9.18 Å². The SMILES string of the molecule is Cc1ccc(C=O)cc1/C=C/c1cccc(-c2ccc(OCCO)cc2F)c1C. The molecule has 3 aromatic rings. The van der Waals surface area contributed by atoms with Crippen molar-refractivity contribution in [3.63, 3.8) is 0 Å². The van der Waals surface area contributed by atoms with E-state index in [2.05, 4.69) is 0 Å². The molecule has 0 bridgehead atoms. The Morgan fingerprint density at radius 1 is 0.966 bits per heavy atom. The highest BCUT2D eigenvalue weighted by molar-refractivity contribution is 5.81. The molecule has 0 radical (unpaired) electrons. The van der Waals surface area contributed by atoms with Crippen molar-refractivity contribution in [1.29, 1.82) is 0 Å². The number of carbonyl (C=O) groups is 1. The van der Waals surface area contributed by atoms with Crippen LogP contribution in [0.1, 0.15) is 32.6 Å². The fourth-order valence-electron chi connectivity index (χ4n) is 3.18. The van der Waals surface area contributed by atoms with Crippen LogP contribution in [0.2, 0.25) is 0 Å². The van der Waals surface area contributed by atoms with Crippen molar-refractivity contribution in [1.82, 2.24) is 0 Å². The van der Waals surface area contributed by atoms with Gasteiger partial charge in [0.15, 0.2) is 0 Å². The van der Waals surface area contributed by atoms with Crippen molar-refractivity contribution in [2.75, 3.05) is 13.2 Å². The molecule has 0 aliphatic carbocycles. The molecule has 0 atom stereocenters. The zero-order valence-corrected chi connectivity index (χ0v) is 16.5. The number of hydrogen-bond donors (Lipinski definition) is 1. The Morgan fingerprint density at radius 3 is 2.48 bits per heavy atom. The van der Waals surface area contributed by atoms with Crippen LogP contribution in [0, 0.1) is 19.7 Å². The molecular formula is C25H23FO3. The molecule has 0 heterocycles. The van der Waals surface area contributed by atoms with Crippen molar-refractivity contribution in [3.8, 4) is 16.9 Å². The Balaban J connectivity index is 1.93. The van der Waals surface area contributed by atoms with Gasteiger partial charge in [-0.15, -0.1) is 0 Å². The molecule has 4 heteroatoms. The molecule has 0 fully saturated rings. The quantitative estimate of drug-likeness (QED) is 0.430. The highest BCUT2D eigenvalue weighted by Crippen LogP contribution is 2.31. The zero-order valence-electron chi connectivity index (χ0n) is 16.5. The normalized spacial score (nSPS) is 11.0. The van der Waals surface area contributed by atoms with Crippen LogP contribution in [0.4, 0.5) is 4.39 Å². The molecule has 3 aromatic carbocycles. The van der Waals surface area contributed by atoms with Crippen LogP contribution in [0.5, 0.6) is 5.75 Å². The molecule has 148 valence electrons. The Labute approximate surface area is 170 Å². The van der Waals surface area contributed by atoms with Crippen molar-refractivity contribution in [2.45, 2.75) is 13.8 Å². The number of aldehydes is 1. The van der Waals surface area contributed by atoms with Gasteiger partial charge >= 0.3 is 0 Å². The second-order valence-electron chi connectivity index (χ2n) is 6.80. The van der Waals surface area contributed by atoms with Gasteiger partial charge in [0.1, 0.15) is 24.5 Å². The van der Waals surface area contributed by atoms with Crippen molar-refractivity contribution in [3.05, 3.63) is 88.2 Å². The number of halogens is 1. The van der Waals surface area contributed by atoms with Gasteiger partial charge in [0, 0.05) is 17.2 Å². The lowest BCUT2D eigenvalue weighted by molar-refractivity contribution is 0.112. The first-order valence-electron chi connectivity index (χ1n) is 9.40. The number of benzene rings is 3. The summed E-state index contributed by atoms with van der Waals surface area (Å²) in [5, 5.41) is 8.83. The van der Waals surface area contributed by atoms with Crippen LogP contribution in [0.3, 0.4) is 0 Å². The Bertz CT molecular complexity index is 1050. The van der Waals surface area contributed by atoms with Gasteiger partial charge in [-0.1, -0.05) is 42.5 Å². The third-order valence-corrected chi connectivity index (χ3v) is 4.85. The number of carbonyl (C=O) groups excluding carboxylic acids is 1. The van der Waals surface area contributed by atoms with Gasteiger partial charge in [0.25, 0.3) is 0 Å². The summed E-state index contributed by atoms with van der Waals surface area (Å²) in [5.41, 5.74) is 5.90. The Kier molecular flexibility index (Phi) is 6.57. The highest BCUT2D eigenvalue weighted by Gasteiger charge is 2.11. The van der Waals surface area contributed by atoms with Crippen molar-refractivity contribution in [2.24, 2.45) is 0 Å². The number of rotatable bonds is 7. The summed E-state index contributed by atoms with van der Waals surface area (Å²) < 4.78 is 19.9. The summed E-state index contributed by atoms with van der Waals surface area (Å²) in [6.07, 6.45) is 4.78. The summed E-state index contributed by atoms with van der Waals surface area (Å²) in [6, 6.07) is 16.0. The number of aliphatic hydroxyl groups excluding tert-OH is 1. The Morgan fingerprint density at radius 2 is 1.76 bits per heavy atom. The summed E-state index contributed by atoms with van der Waals surface area (Å²) in [6.45, 7) is 3.96. The average Bonchev–Trinajstić information content (AvgIpc) is 2.73. The van der Waals surface area contributed by atoms with E-state index in [4.69, 9.17) is 9.84 Å². The predicted molar refractivity (Wildman–Crippen MR) is 115 cm³/mol. The van der Waals surface area contributed by atoms with E-state index in [0.29, 0.717) is 16.9 Å². The molecule has 1 N–H and O–H groups in total. The predicted octanol–water partition coefficient (Wildman–Crippen LogP) is 5.46. The van der Waals surface area contributed by atoms with Crippen LogP contribution < -0.4 is 4.74 Å². The van der Waals surface area contributed by atoms with Crippen LogP contribution >= 0.6 is 0 Å². The molecule has 0 saturated heterocycles. The summed E-state index contributed by atoms with van der Waals surface area (Å²) >= 11 is 0. The largest absolute Gasteiger partial charge is 0.491 e. The van der Waals surface area contributed by atoms with E-state index in [1.807, 2.05) is 56.3 Å². The van der Waals surface area contributed by atoms with Gasteiger partial charge in [-0.25, -0.2) is 4.39 Å². The van der Waals surface area contributed by atoms with Crippen molar-refractivity contribution < 1.29 is 19.0 Å². The molecule has 0 aliphatic heterocycles. The minimum Gasteiger partial charge on any atom is -0.491 e. The van der Waals surface area contributed by atoms with E-state index in [0.717, 1.165) is 34.1 Å². The molecular weight excluding hydrogens is 367 g/mol. The fraction of sp³-hybridized carbons (Fsp3) is 0.160. The lowest BCUT2D eigenvalue weighted by Gasteiger charge is -2.12. The summed E-state index contributed by atoms with van der Waals surface area (Å²) in [4.78, 5) is 11.0. The maximum absolute atomic E-state index is 14.7. The zero-order chi connectivity index (χ0) is 20.8. The third-order valence-electron chi connectivity index (χ3n) is 4.85. The number of ether oxygens (including phenoxy) is 1. The van der Waals surface area contributed by atoms with Crippen LogP contribution in [-0.4, -0.2) is 24.6 Å². The lowest BCUT2D eigenvalue weighted by Crippen LogP contribution is -2.02. The second kappa shape index (κ2) is 9.30. The summed E-state index contributed by atoms with van der Waals surface area (Å²) in [5.74, 6) is 0.0127. The highest BCUT2D eigenvalue weighted by atomic mass is 19.1. The standard InChI is InChI=1S/C25H23FO3/c1-17-6-7-19(16-28)14-21(17)9-8-20-4-3-5-23(18(20)2)24-11-10-22(15-25(24)26)29-13-12-27/h3-11,14-16,27H,12-13H2,1-2H3/b9-8+. The summed E-state index contributed by atoms with van der Waals surface area (Å²) in [7, 11) is 0. The smallest absolute Gasteiger partial charge is 0.150 e. The monoisotopic (exact) mass is 390 g/mol. The molecule has 3 rings (SSSR count). The topological polar surface area (TPSA) is 46.5 Å². The van der Waals surface area contributed by atoms with Gasteiger partial charge in [0.2, 0.25) is 0 Å². The van der Waals surface area contributed by atoms with E-state index in [1.54, 1.807) is 18.2 Å². The van der Waals surface area contributed by atoms with Gasteiger partial charge in [-0.2, -0.15) is 0 Å². The molecule has 0 amide bonds. The average molecular weight is 390 g/mol. The number of hydrogen-bond acceptors (Lipinski definition) is 3. The van der Waals surface area contributed by atoms with Crippen LogP contribution in [0.15, 0.2) is 54.6 Å². The van der Waals surface area contributed by atoms with Gasteiger partial charge < -0.3 is 9.84 Å². The number of aryl methyl sites for hydroxylation is 1. The Hall–Kier alpha value is -3.24. The second-order valence-corrected chi connectivity index (χ2v) is 6.80. The van der Waals surface area contributed by atoms with E-state index < -0.39 is 0 Å². The van der Waals surface area contributed by atoms with Crippen molar-refractivity contribution >= 4 is 18.4 Å². The first-order chi connectivity index (χ1) is 14.0.